The monoisotopic (exact) mass is 297 g/mol. The van der Waals surface area contributed by atoms with Gasteiger partial charge in [-0.25, -0.2) is 8.42 Å². The Bertz CT molecular complexity index is 623. The average molecular weight is 297 g/mol. The van der Waals surface area contributed by atoms with Crippen molar-refractivity contribution in [1.82, 2.24) is 10.3 Å². The number of hydrogen-bond acceptors (Lipinski definition) is 5. The van der Waals surface area contributed by atoms with E-state index in [2.05, 4.69) is 15.0 Å². The predicted molar refractivity (Wildman–Crippen MR) is 76.7 cm³/mol. The first-order valence-electron chi connectivity index (χ1n) is 5.83. The Hall–Kier alpha value is -1.44. The molecule has 5 nitrogen and oxygen atoms in total. The van der Waals surface area contributed by atoms with E-state index < -0.39 is 10.0 Å². The molecule has 0 aliphatic carbocycles. The van der Waals surface area contributed by atoms with Crippen LogP contribution in [0.3, 0.4) is 0 Å². The molecule has 19 heavy (non-hydrogen) atoms. The number of rotatable bonds is 6. The standard InChI is InChI=1S/C12H15N3O2S2/c1-2-13-9-11-12(5-8-18-11)19(16,17)15-10-3-6-14-7-4-10/h3-8,13H,2,9H2,1H3,(H,14,15). The lowest BCUT2D eigenvalue weighted by molar-refractivity contribution is 0.599. The van der Waals surface area contributed by atoms with Crippen LogP contribution in [0.2, 0.25) is 0 Å². The fourth-order valence-electron chi connectivity index (χ4n) is 1.57. The number of thiophene rings is 1. The molecule has 0 saturated carbocycles. The Labute approximate surface area is 116 Å². The van der Waals surface area contributed by atoms with Gasteiger partial charge in [-0.3, -0.25) is 9.71 Å². The summed E-state index contributed by atoms with van der Waals surface area (Å²) in [7, 11) is -3.54. The molecule has 0 aliphatic heterocycles. The van der Waals surface area contributed by atoms with Crippen molar-refractivity contribution in [2.75, 3.05) is 11.3 Å². The van der Waals surface area contributed by atoms with E-state index in [-0.39, 0.29) is 0 Å². The van der Waals surface area contributed by atoms with E-state index in [9.17, 15) is 8.42 Å². The molecular weight excluding hydrogens is 282 g/mol. The van der Waals surface area contributed by atoms with Gasteiger partial charge in [0.25, 0.3) is 10.0 Å². The summed E-state index contributed by atoms with van der Waals surface area (Å²) in [5, 5.41) is 4.92. The SMILES string of the molecule is CCNCc1sccc1S(=O)(=O)Nc1ccncc1. The van der Waals surface area contributed by atoms with Crippen molar-refractivity contribution >= 4 is 27.0 Å². The third kappa shape index (κ3) is 3.52. The summed E-state index contributed by atoms with van der Waals surface area (Å²) in [6.45, 7) is 3.34. The first kappa shape index (κ1) is 14.0. The van der Waals surface area contributed by atoms with Crippen molar-refractivity contribution in [2.24, 2.45) is 0 Å². The Morgan fingerprint density at radius 2 is 2.00 bits per heavy atom. The molecule has 0 unspecified atom stereocenters. The van der Waals surface area contributed by atoms with E-state index in [0.29, 0.717) is 17.1 Å². The highest BCUT2D eigenvalue weighted by Gasteiger charge is 2.19. The summed E-state index contributed by atoms with van der Waals surface area (Å²) < 4.78 is 27.1. The largest absolute Gasteiger partial charge is 0.312 e. The molecule has 0 spiro atoms. The van der Waals surface area contributed by atoms with Crippen LogP contribution in [0.5, 0.6) is 0 Å². The number of anilines is 1. The van der Waals surface area contributed by atoms with Gasteiger partial charge in [0.2, 0.25) is 0 Å². The molecule has 2 heterocycles. The van der Waals surface area contributed by atoms with Crippen molar-refractivity contribution in [1.29, 1.82) is 0 Å². The fourth-order valence-corrected chi connectivity index (χ4v) is 4.04. The van der Waals surface area contributed by atoms with Gasteiger partial charge in [0, 0.05) is 23.8 Å². The van der Waals surface area contributed by atoms with Crippen LogP contribution in [0.4, 0.5) is 5.69 Å². The molecule has 2 rings (SSSR count). The third-order valence-electron chi connectivity index (χ3n) is 2.46. The maximum atomic E-state index is 12.3. The van der Waals surface area contributed by atoms with E-state index >= 15 is 0 Å². The average Bonchev–Trinajstić information content (AvgIpc) is 2.86. The zero-order valence-electron chi connectivity index (χ0n) is 10.5. The van der Waals surface area contributed by atoms with Crippen LogP contribution >= 0.6 is 11.3 Å². The van der Waals surface area contributed by atoms with E-state index in [0.717, 1.165) is 11.4 Å². The second-order valence-electron chi connectivity index (χ2n) is 3.83. The number of sulfonamides is 1. The van der Waals surface area contributed by atoms with E-state index in [4.69, 9.17) is 0 Å². The van der Waals surface area contributed by atoms with E-state index in [1.165, 1.54) is 11.3 Å². The quantitative estimate of drug-likeness (QED) is 0.856. The molecule has 0 atom stereocenters. The Morgan fingerprint density at radius 3 is 2.68 bits per heavy atom. The Balaban J connectivity index is 2.22. The Kier molecular flexibility index (Phi) is 4.52. The third-order valence-corrected chi connectivity index (χ3v) is 4.98. The van der Waals surface area contributed by atoms with Crippen molar-refractivity contribution in [3.05, 3.63) is 40.8 Å². The van der Waals surface area contributed by atoms with Gasteiger partial charge >= 0.3 is 0 Å². The van der Waals surface area contributed by atoms with Gasteiger partial charge in [-0.15, -0.1) is 11.3 Å². The minimum Gasteiger partial charge on any atom is -0.312 e. The van der Waals surface area contributed by atoms with E-state index in [1.54, 1.807) is 36.0 Å². The molecule has 0 fully saturated rings. The van der Waals surface area contributed by atoms with Crippen molar-refractivity contribution in [3.63, 3.8) is 0 Å². The van der Waals surface area contributed by atoms with Crippen LogP contribution in [-0.2, 0) is 16.6 Å². The molecule has 2 aromatic heterocycles. The molecule has 0 aromatic carbocycles. The molecule has 0 bridgehead atoms. The molecular formula is C12H15N3O2S2. The van der Waals surface area contributed by atoms with Crippen LogP contribution in [0.1, 0.15) is 11.8 Å². The maximum absolute atomic E-state index is 12.3. The van der Waals surface area contributed by atoms with Gasteiger partial charge in [0.15, 0.2) is 0 Å². The lowest BCUT2D eigenvalue weighted by Gasteiger charge is -2.08. The lowest BCUT2D eigenvalue weighted by Crippen LogP contribution is -2.17. The molecule has 0 amide bonds. The summed E-state index contributed by atoms with van der Waals surface area (Å²) in [6, 6.07) is 4.86. The van der Waals surface area contributed by atoms with Gasteiger partial charge in [-0.2, -0.15) is 0 Å². The normalized spacial score (nSPS) is 11.4. The van der Waals surface area contributed by atoms with Gasteiger partial charge in [-0.1, -0.05) is 6.92 Å². The lowest BCUT2D eigenvalue weighted by atomic mass is 10.4. The smallest absolute Gasteiger partial charge is 0.263 e. The summed E-state index contributed by atoms with van der Waals surface area (Å²) in [4.78, 5) is 4.99. The zero-order chi connectivity index (χ0) is 13.7. The molecule has 0 saturated heterocycles. The first-order valence-corrected chi connectivity index (χ1v) is 8.19. The fraction of sp³-hybridized carbons (Fsp3) is 0.250. The van der Waals surface area contributed by atoms with Crippen LogP contribution in [0.25, 0.3) is 0 Å². The topological polar surface area (TPSA) is 71.1 Å². The van der Waals surface area contributed by atoms with Crippen LogP contribution in [0, 0.1) is 0 Å². The van der Waals surface area contributed by atoms with Gasteiger partial charge in [0.1, 0.15) is 4.90 Å². The number of hydrogen-bond donors (Lipinski definition) is 2. The first-order chi connectivity index (χ1) is 9.13. The van der Waals surface area contributed by atoms with Crippen LogP contribution < -0.4 is 10.0 Å². The summed E-state index contributed by atoms with van der Waals surface area (Å²) >= 11 is 1.43. The van der Waals surface area contributed by atoms with Gasteiger partial charge in [-0.05, 0) is 30.1 Å². The number of nitrogens with zero attached hydrogens (tertiary/aromatic N) is 1. The minimum atomic E-state index is -3.54. The highest BCUT2D eigenvalue weighted by atomic mass is 32.2. The molecule has 2 N–H and O–H groups in total. The second kappa shape index (κ2) is 6.14. The highest BCUT2D eigenvalue weighted by Crippen LogP contribution is 2.24. The number of pyridine rings is 1. The molecule has 102 valence electrons. The highest BCUT2D eigenvalue weighted by molar-refractivity contribution is 7.93. The second-order valence-corrected chi connectivity index (χ2v) is 6.48. The van der Waals surface area contributed by atoms with E-state index in [1.807, 2.05) is 6.92 Å². The minimum absolute atomic E-state index is 0.329. The van der Waals surface area contributed by atoms with Crippen LogP contribution in [-0.4, -0.2) is 19.9 Å². The summed E-state index contributed by atoms with van der Waals surface area (Å²) in [5.41, 5.74) is 0.510. The maximum Gasteiger partial charge on any atom is 0.263 e. The van der Waals surface area contributed by atoms with Gasteiger partial charge in [0.05, 0.1) is 5.69 Å². The van der Waals surface area contributed by atoms with Crippen molar-refractivity contribution in [2.45, 2.75) is 18.4 Å². The number of nitrogens with one attached hydrogen (secondary N) is 2. The molecule has 0 aliphatic rings. The van der Waals surface area contributed by atoms with Crippen molar-refractivity contribution in [3.8, 4) is 0 Å². The predicted octanol–water partition coefficient (Wildman–Crippen LogP) is 2.05. The van der Waals surface area contributed by atoms with Crippen molar-refractivity contribution < 1.29 is 8.42 Å². The Morgan fingerprint density at radius 1 is 1.26 bits per heavy atom. The van der Waals surface area contributed by atoms with Crippen LogP contribution in [0.15, 0.2) is 40.9 Å². The molecule has 2 aromatic rings. The van der Waals surface area contributed by atoms with Gasteiger partial charge < -0.3 is 5.32 Å². The summed E-state index contributed by atoms with van der Waals surface area (Å²) in [5.74, 6) is 0. The summed E-state index contributed by atoms with van der Waals surface area (Å²) in [6.07, 6.45) is 3.09. The number of aromatic nitrogens is 1. The molecule has 7 heteroatoms. The molecule has 0 radical (unpaired) electrons. The zero-order valence-corrected chi connectivity index (χ0v) is 12.1.